The van der Waals surface area contributed by atoms with Crippen LogP contribution in [0.1, 0.15) is 25.7 Å². The third-order valence-electron chi connectivity index (χ3n) is 3.49. The summed E-state index contributed by atoms with van der Waals surface area (Å²) in [6, 6.07) is 3.23. The van der Waals surface area contributed by atoms with Gasteiger partial charge in [0.1, 0.15) is 5.82 Å². The van der Waals surface area contributed by atoms with Crippen LogP contribution in [-0.2, 0) is 4.79 Å². The van der Waals surface area contributed by atoms with Crippen LogP contribution in [0.3, 0.4) is 0 Å². The number of anilines is 1. The molecule has 0 spiro atoms. The Bertz CT molecular complexity index is 533. The Morgan fingerprint density at radius 1 is 1.43 bits per heavy atom. The van der Waals surface area contributed by atoms with Crippen molar-refractivity contribution in [3.63, 3.8) is 0 Å². The van der Waals surface area contributed by atoms with Crippen LogP contribution in [-0.4, -0.2) is 34.6 Å². The molecule has 1 aliphatic rings. The molecular formula is C14H16ClFN2O3. The number of likely N-dealkylation sites (tertiary alicyclic amines) is 1. The molecule has 1 aromatic rings. The van der Waals surface area contributed by atoms with Gasteiger partial charge in [0.15, 0.2) is 0 Å². The van der Waals surface area contributed by atoms with E-state index in [1.54, 1.807) is 0 Å². The smallest absolute Gasteiger partial charge is 0.322 e. The molecule has 1 aliphatic heterocycles. The highest BCUT2D eigenvalue weighted by Gasteiger charge is 2.29. The van der Waals surface area contributed by atoms with E-state index in [1.807, 2.05) is 0 Å². The van der Waals surface area contributed by atoms with Gasteiger partial charge in [0.05, 0.1) is 17.1 Å². The van der Waals surface area contributed by atoms with Gasteiger partial charge in [-0.15, -0.1) is 0 Å². The lowest BCUT2D eigenvalue weighted by molar-refractivity contribution is -0.138. The number of amides is 2. The molecule has 1 heterocycles. The maximum Gasteiger partial charge on any atom is 0.322 e. The minimum atomic E-state index is -0.955. The minimum Gasteiger partial charge on any atom is -0.481 e. The Kier molecular flexibility index (Phi) is 5.01. The quantitative estimate of drug-likeness (QED) is 0.899. The van der Waals surface area contributed by atoms with E-state index in [0.29, 0.717) is 13.0 Å². The standard InChI is InChI=1S/C14H16ClFN2O3/c15-10-5-3-6-11(16)13(10)17-14(21)18-7-2-1-4-9(18)8-12(19)20/h3,5-6,9H,1-2,4,7-8H2,(H,17,21)(H,19,20). The zero-order valence-corrected chi connectivity index (χ0v) is 12.1. The lowest BCUT2D eigenvalue weighted by Crippen LogP contribution is -2.46. The number of carbonyl (C=O) groups excluding carboxylic acids is 1. The number of piperidine rings is 1. The summed E-state index contributed by atoms with van der Waals surface area (Å²) in [5, 5.41) is 11.4. The highest BCUT2D eigenvalue weighted by molar-refractivity contribution is 6.33. The number of carbonyl (C=O) groups is 2. The van der Waals surface area contributed by atoms with Gasteiger partial charge in [-0.3, -0.25) is 4.79 Å². The largest absolute Gasteiger partial charge is 0.481 e. The Labute approximate surface area is 126 Å². The number of hydrogen-bond acceptors (Lipinski definition) is 2. The molecule has 1 fully saturated rings. The fraction of sp³-hybridized carbons (Fsp3) is 0.429. The van der Waals surface area contributed by atoms with Crippen molar-refractivity contribution in [1.82, 2.24) is 4.90 Å². The number of urea groups is 1. The molecule has 1 saturated heterocycles. The van der Waals surface area contributed by atoms with Crippen LogP contribution < -0.4 is 5.32 Å². The molecule has 0 bridgehead atoms. The second-order valence-corrected chi connectivity index (χ2v) is 5.37. The molecule has 5 nitrogen and oxygen atoms in total. The number of para-hydroxylation sites is 1. The summed E-state index contributed by atoms with van der Waals surface area (Å²) in [7, 11) is 0. The summed E-state index contributed by atoms with van der Waals surface area (Å²) < 4.78 is 13.7. The van der Waals surface area contributed by atoms with E-state index in [2.05, 4.69) is 5.32 Å². The van der Waals surface area contributed by atoms with E-state index in [9.17, 15) is 14.0 Å². The van der Waals surface area contributed by atoms with E-state index >= 15 is 0 Å². The molecule has 7 heteroatoms. The van der Waals surface area contributed by atoms with Crippen molar-refractivity contribution in [2.45, 2.75) is 31.7 Å². The topological polar surface area (TPSA) is 69.6 Å². The molecule has 114 valence electrons. The molecule has 0 saturated carbocycles. The van der Waals surface area contributed by atoms with E-state index < -0.39 is 17.8 Å². The molecule has 0 radical (unpaired) electrons. The van der Waals surface area contributed by atoms with E-state index in [-0.39, 0.29) is 23.2 Å². The summed E-state index contributed by atoms with van der Waals surface area (Å²) in [5.41, 5.74) is -0.0798. The summed E-state index contributed by atoms with van der Waals surface area (Å²) in [6.07, 6.45) is 2.19. The molecule has 1 unspecified atom stereocenters. The van der Waals surface area contributed by atoms with Gasteiger partial charge in [0.25, 0.3) is 0 Å². The predicted molar refractivity (Wildman–Crippen MR) is 77.0 cm³/mol. The molecule has 0 aromatic heterocycles. The average Bonchev–Trinajstić information content (AvgIpc) is 2.43. The first-order chi connectivity index (χ1) is 9.99. The molecular weight excluding hydrogens is 299 g/mol. The highest BCUT2D eigenvalue weighted by atomic mass is 35.5. The number of carboxylic acids is 1. The third-order valence-corrected chi connectivity index (χ3v) is 3.81. The number of benzene rings is 1. The van der Waals surface area contributed by atoms with Crippen LogP contribution in [0.25, 0.3) is 0 Å². The third kappa shape index (κ3) is 3.85. The zero-order chi connectivity index (χ0) is 15.4. The summed E-state index contributed by atoms with van der Waals surface area (Å²) in [4.78, 5) is 24.6. The van der Waals surface area contributed by atoms with Crippen molar-refractivity contribution in [1.29, 1.82) is 0 Å². The maximum absolute atomic E-state index is 13.7. The first kappa shape index (κ1) is 15.6. The van der Waals surface area contributed by atoms with Gasteiger partial charge < -0.3 is 15.3 Å². The molecule has 2 amide bonds. The maximum atomic E-state index is 13.7. The second-order valence-electron chi connectivity index (χ2n) is 4.97. The molecule has 2 rings (SSSR count). The van der Waals surface area contributed by atoms with Gasteiger partial charge in [-0.1, -0.05) is 17.7 Å². The molecule has 1 atom stereocenters. The van der Waals surface area contributed by atoms with Crippen molar-refractivity contribution < 1.29 is 19.1 Å². The predicted octanol–water partition coefficient (Wildman–Crippen LogP) is 3.34. The van der Waals surface area contributed by atoms with Crippen LogP contribution in [0.5, 0.6) is 0 Å². The SMILES string of the molecule is O=C(O)CC1CCCCN1C(=O)Nc1c(F)cccc1Cl. The van der Waals surface area contributed by atoms with Gasteiger partial charge in [0, 0.05) is 12.6 Å². The highest BCUT2D eigenvalue weighted by Crippen LogP contribution is 2.26. The van der Waals surface area contributed by atoms with Crippen molar-refractivity contribution in [3.8, 4) is 0 Å². The first-order valence-electron chi connectivity index (χ1n) is 6.72. The number of carboxylic acid groups (broad SMARTS) is 1. The number of hydrogen-bond donors (Lipinski definition) is 2. The minimum absolute atomic E-state index is 0.0798. The fourth-order valence-corrected chi connectivity index (χ4v) is 2.69. The summed E-state index contributed by atoms with van der Waals surface area (Å²) >= 11 is 5.87. The van der Waals surface area contributed by atoms with Gasteiger partial charge in [-0.2, -0.15) is 0 Å². The van der Waals surface area contributed by atoms with Crippen LogP contribution >= 0.6 is 11.6 Å². The van der Waals surface area contributed by atoms with Crippen LogP contribution in [0.4, 0.5) is 14.9 Å². The fourth-order valence-electron chi connectivity index (χ4n) is 2.48. The number of halogens is 2. The molecule has 2 N–H and O–H groups in total. The first-order valence-corrected chi connectivity index (χ1v) is 7.10. The van der Waals surface area contributed by atoms with Crippen LogP contribution in [0, 0.1) is 5.82 Å². The lowest BCUT2D eigenvalue weighted by Gasteiger charge is -2.35. The molecule has 1 aromatic carbocycles. The number of aliphatic carboxylic acids is 1. The van der Waals surface area contributed by atoms with Crippen LogP contribution in [0.15, 0.2) is 18.2 Å². The van der Waals surface area contributed by atoms with E-state index in [4.69, 9.17) is 16.7 Å². The van der Waals surface area contributed by atoms with Gasteiger partial charge in [0.2, 0.25) is 0 Å². The average molecular weight is 315 g/mol. The van der Waals surface area contributed by atoms with Crippen molar-refractivity contribution >= 4 is 29.3 Å². The number of nitrogens with zero attached hydrogens (tertiary/aromatic N) is 1. The molecule has 21 heavy (non-hydrogen) atoms. The van der Waals surface area contributed by atoms with Crippen LogP contribution in [0.2, 0.25) is 5.02 Å². The summed E-state index contributed by atoms with van der Waals surface area (Å²) in [5.74, 6) is -1.58. The molecule has 0 aliphatic carbocycles. The Morgan fingerprint density at radius 3 is 2.86 bits per heavy atom. The Morgan fingerprint density at radius 2 is 2.19 bits per heavy atom. The van der Waals surface area contributed by atoms with Gasteiger partial charge in [-0.25, -0.2) is 9.18 Å². The van der Waals surface area contributed by atoms with Gasteiger partial charge >= 0.3 is 12.0 Å². The van der Waals surface area contributed by atoms with Gasteiger partial charge in [-0.05, 0) is 31.4 Å². The van der Waals surface area contributed by atoms with E-state index in [1.165, 1.54) is 23.1 Å². The Hall–Kier alpha value is -1.82. The van der Waals surface area contributed by atoms with Crippen molar-refractivity contribution in [3.05, 3.63) is 29.0 Å². The Balaban J connectivity index is 2.12. The second kappa shape index (κ2) is 6.76. The lowest BCUT2D eigenvalue weighted by atomic mass is 10.00. The number of nitrogens with one attached hydrogen (secondary N) is 1. The zero-order valence-electron chi connectivity index (χ0n) is 11.3. The van der Waals surface area contributed by atoms with Crippen molar-refractivity contribution in [2.24, 2.45) is 0 Å². The van der Waals surface area contributed by atoms with Crippen molar-refractivity contribution in [2.75, 3.05) is 11.9 Å². The monoisotopic (exact) mass is 314 g/mol. The number of rotatable bonds is 3. The summed E-state index contributed by atoms with van der Waals surface area (Å²) in [6.45, 7) is 0.454. The normalized spacial score (nSPS) is 18.4. The van der Waals surface area contributed by atoms with E-state index in [0.717, 1.165) is 12.8 Å².